The van der Waals surface area contributed by atoms with Crippen molar-refractivity contribution in [3.05, 3.63) is 78.3 Å². The van der Waals surface area contributed by atoms with Crippen molar-refractivity contribution in [3.63, 3.8) is 0 Å². The first kappa shape index (κ1) is 25.1. The van der Waals surface area contributed by atoms with Crippen molar-refractivity contribution in [2.75, 3.05) is 0 Å². The average molecular weight is 604 g/mol. The molecule has 7 heteroatoms. The Morgan fingerprint density at radius 1 is 1.24 bits per heavy atom. The van der Waals surface area contributed by atoms with E-state index in [1.165, 1.54) is 16.5 Å². The van der Waals surface area contributed by atoms with Crippen molar-refractivity contribution in [3.8, 4) is 11.8 Å². The summed E-state index contributed by atoms with van der Waals surface area (Å²) in [5.41, 5.74) is 3.50. The number of thiophene rings is 1. The Balaban J connectivity index is 1.54. The van der Waals surface area contributed by atoms with E-state index in [1.54, 1.807) is 35.8 Å². The molecule has 4 rings (SSSR count). The van der Waals surface area contributed by atoms with Gasteiger partial charge in [-0.3, -0.25) is 0 Å². The molecule has 1 aliphatic rings. The summed E-state index contributed by atoms with van der Waals surface area (Å²) in [6, 6.07) is 12.8. The molecule has 0 radical (unpaired) electrons. The molecule has 1 aromatic heterocycles. The molecule has 176 valence electrons. The third-order valence-electron chi connectivity index (χ3n) is 6.26. The summed E-state index contributed by atoms with van der Waals surface area (Å²) in [6.45, 7) is 7.00. The summed E-state index contributed by atoms with van der Waals surface area (Å²) >= 11 is 8.75. The Kier molecular flexibility index (Phi) is 7.61. The van der Waals surface area contributed by atoms with Crippen LogP contribution >= 0.6 is 43.2 Å². The number of hydrogen-bond donors (Lipinski definition) is 0. The van der Waals surface area contributed by atoms with Crippen LogP contribution in [-0.2, 0) is 19.4 Å². The molecular weight excluding hydrogens is 579 g/mol. The van der Waals surface area contributed by atoms with Crippen LogP contribution in [0.15, 0.2) is 50.3 Å². The van der Waals surface area contributed by atoms with Gasteiger partial charge >= 0.3 is 0 Å². The van der Waals surface area contributed by atoms with Crippen molar-refractivity contribution in [2.45, 2.75) is 46.6 Å². The number of benzene rings is 2. The molecule has 0 saturated heterocycles. The summed E-state index contributed by atoms with van der Waals surface area (Å²) in [5.74, 6) is 0.919. The minimum Gasteiger partial charge on any atom is -0.486 e. The molecule has 1 atom stereocenters. The number of hydrogen-bond acceptors (Lipinski definition) is 4. The summed E-state index contributed by atoms with van der Waals surface area (Å²) in [5, 5.41) is 10.6. The van der Waals surface area contributed by atoms with Gasteiger partial charge in [-0.25, -0.2) is 9.38 Å². The van der Waals surface area contributed by atoms with Crippen LogP contribution in [0.4, 0.5) is 9.39 Å². The Labute approximate surface area is 220 Å². The lowest BCUT2D eigenvalue weighted by atomic mass is 9.72. The van der Waals surface area contributed by atoms with Crippen LogP contribution in [0, 0.1) is 28.5 Å². The monoisotopic (exact) mass is 602 g/mol. The Bertz CT molecular complexity index is 1260. The zero-order valence-corrected chi connectivity index (χ0v) is 23.3. The molecule has 0 saturated carbocycles. The third-order valence-corrected chi connectivity index (χ3v) is 8.61. The van der Waals surface area contributed by atoms with E-state index in [0.717, 1.165) is 38.8 Å². The Morgan fingerprint density at radius 2 is 1.94 bits per heavy atom. The summed E-state index contributed by atoms with van der Waals surface area (Å²) in [6.07, 6.45) is 4.84. The van der Waals surface area contributed by atoms with E-state index in [0.29, 0.717) is 22.8 Å². The van der Waals surface area contributed by atoms with Crippen molar-refractivity contribution >= 4 is 54.4 Å². The highest BCUT2D eigenvalue weighted by Crippen LogP contribution is 2.45. The van der Waals surface area contributed by atoms with E-state index in [9.17, 15) is 9.65 Å². The molecular formula is C27H25Br2FN2OS. The van der Waals surface area contributed by atoms with Gasteiger partial charge < -0.3 is 4.74 Å². The predicted molar refractivity (Wildman–Crippen MR) is 144 cm³/mol. The second-order valence-electron chi connectivity index (χ2n) is 9.55. The third kappa shape index (κ3) is 5.45. The van der Waals surface area contributed by atoms with Crippen LogP contribution in [0.2, 0.25) is 0 Å². The SMILES string of the molecule is CC(C)(C)[C@H]1CCc2c(sc(N=Cc3cc(Br)c(OCc4ccccc4F)c(Br)c3)c2C#N)C1. The number of rotatable bonds is 5. The number of fused-ring (bicyclic) bond motifs is 1. The number of halogens is 3. The van der Waals surface area contributed by atoms with Crippen molar-refractivity contribution < 1.29 is 9.13 Å². The standard InChI is InChI=1S/C27H25Br2FN2OS/c1-27(2,3)18-8-9-19-20(13-31)26(34-24(19)12-18)32-14-16-10-21(28)25(22(29)11-16)33-15-17-6-4-5-7-23(17)30/h4-7,10-11,14,18H,8-9,12,15H2,1-3H3/t18-/m0/s1. The molecule has 0 aliphatic heterocycles. The van der Waals surface area contributed by atoms with E-state index in [2.05, 4.69) is 58.7 Å². The first-order valence-corrected chi connectivity index (χ1v) is 13.5. The first-order chi connectivity index (χ1) is 16.2. The minimum absolute atomic E-state index is 0.124. The van der Waals surface area contributed by atoms with Crippen LogP contribution in [0.3, 0.4) is 0 Å². The molecule has 1 aliphatic carbocycles. The maximum absolute atomic E-state index is 13.9. The number of nitrogens with zero attached hydrogens (tertiary/aromatic N) is 2. The second-order valence-corrected chi connectivity index (χ2v) is 12.3. The summed E-state index contributed by atoms with van der Waals surface area (Å²) in [4.78, 5) is 6.00. The van der Waals surface area contributed by atoms with E-state index in [4.69, 9.17) is 9.73 Å². The highest BCUT2D eigenvalue weighted by molar-refractivity contribution is 9.11. The topological polar surface area (TPSA) is 45.4 Å². The number of aliphatic imine (C=N–C) groups is 1. The number of ether oxygens (including phenoxy) is 1. The molecule has 0 unspecified atom stereocenters. The summed E-state index contributed by atoms with van der Waals surface area (Å²) in [7, 11) is 0. The average Bonchev–Trinajstić information content (AvgIpc) is 3.14. The fourth-order valence-electron chi connectivity index (χ4n) is 4.21. The van der Waals surface area contributed by atoms with E-state index >= 15 is 0 Å². The largest absolute Gasteiger partial charge is 0.486 e. The van der Waals surface area contributed by atoms with Crippen molar-refractivity contribution in [2.24, 2.45) is 16.3 Å². The normalized spacial score (nSPS) is 15.9. The molecule has 0 spiro atoms. The van der Waals surface area contributed by atoms with Gasteiger partial charge in [-0.2, -0.15) is 5.26 Å². The molecule has 0 bridgehead atoms. The molecule has 0 N–H and O–H groups in total. The molecule has 34 heavy (non-hydrogen) atoms. The van der Waals surface area contributed by atoms with Gasteiger partial charge in [0.25, 0.3) is 0 Å². The Hall–Kier alpha value is -2.01. The molecule has 0 amide bonds. The van der Waals surface area contributed by atoms with Crippen LogP contribution in [0.1, 0.15) is 54.3 Å². The van der Waals surface area contributed by atoms with Gasteiger partial charge in [-0.15, -0.1) is 11.3 Å². The second kappa shape index (κ2) is 10.3. The van der Waals surface area contributed by atoms with Gasteiger partial charge in [0, 0.05) is 16.7 Å². The minimum atomic E-state index is -0.292. The Morgan fingerprint density at radius 3 is 2.59 bits per heavy atom. The van der Waals surface area contributed by atoms with Gasteiger partial charge in [-0.05, 0) is 91.8 Å². The van der Waals surface area contributed by atoms with Gasteiger partial charge in [0.15, 0.2) is 0 Å². The predicted octanol–water partition coefficient (Wildman–Crippen LogP) is 8.76. The highest BCUT2D eigenvalue weighted by Gasteiger charge is 2.32. The molecule has 3 nitrogen and oxygen atoms in total. The van der Waals surface area contributed by atoms with Gasteiger partial charge in [-0.1, -0.05) is 39.0 Å². The van der Waals surface area contributed by atoms with Crippen LogP contribution in [0.5, 0.6) is 5.75 Å². The fraction of sp³-hybridized carbons (Fsp3) is 0.333. The van der Waals surface area contributed by atoms with E-state index in [-0.39, 0.29) is 17.8 Å². The maximum atomic E-state index is 13.9. The molecule has 1 heterocycles. The first-order valence-electron chi connectivity index (χ1n) is 11.1. The van der Waals surface area contributed by atoms with Gasteiger partial charge in [0.2, 0.25) is 0 Å². The number of nitriles is 1. The molecule has 0 fully saturated rings. The fourth-order valence-corrected chi connectivity index (χ4v) is 6.88. The maximum Gasteiger partial charge on any atom is 0.148 e. The lowest BCUT2D eigenvalue weighted by molar-refractivity contribution is 0.218. The van der Waals surface area contributed by atoms with Gasteiger partial charge in [0.05, 0.1) is 14.5 Å². The lowest BCUT2D eigenvalue weighted by Gasteiger charge is -2.33. The van der Waals surface area contributed by atoms with Crippen LogP contribution < -0.4 is 4.74 Å². The van der Waals surface area contributed by atoms with E-state index < -0.39 is 0 Å². The van der Waals surface area contributed by atoms with Gasteiger partial charge in [0.1, 0.15) is 29.2 Å². The van der Waals surface area contributed by atoms with Crippen LogP contribution in [-0.4, -0.2) is 6.21 Å². The van der Waals surface area contributed by atoms with Crippen molar-refractivity contribution in [1.82, 2.24) is 0 Å². The zero-order valence-electron chi connectivity index (χ0n) is 19.3. The zero-order chi connectivity index (χ0) is 24.5. The molecule has 3 aromatic rings. The quantitative estimate of drug-likeness (QED) is 0.274. The van der Waals surface area contributed by atoms with Crippen LogP contribution in [0.25, 0.3) is 0 Å². The van der Waals surface area contributed by atoms with Crippen molar-refractivity contribution in [1.29, 1.82) is 5.26 Å². The molecule has 2 aromatic carbocycles. The van der Waals surface area contributed by atoms with E-state index in [1.807, 2.05) is 12.1 Å². The highest BCUT2D eigenvalue weighted by atomic mass is 79.9. The lowest BCUT2D eigenvalue weighted by Crippen LogP contribution is -2.26. The smallest absolute Gasteiger partial charge is 0.148 e. The summed E-state index contributed by atoms with van der Waals surface area (Å²) < 4.78 is 21.2.